The third kappa shape index (κ3) is 2.60. The van der Waals surface area contributed by atoms with Crippen LogP contribution in [0.1, 0.15) is 19.3 Å². The topological polar surface area (TPSA) is 58.8 Å². The van der Waals surface area contributed by atoms with E-state index in [1.54, 1.807) is 4.90 Å². The summed E-state index contributed by atoms with van der Waals surface area (Å²) in [5, 5.41) is 1.37. The number of hydrazine groups is 1. The molecule has 0 spiro atoms. The summed E-state index contributed by atoms with van der Waals surface area (Å²) in [4.78, 5) is 13.6. The first-order chi connectivity index (χ1) is 7.27. The average molecular weight is 213 g/mol. The molecule has 0 atom stereocenters. The molecule has 15 heavy (non-hydrogen) atoms. The normalized spacial score (nSPS) is 22.3. The number of carbonyl (C=O) groups excluding carboxylic acids is 1. The molecule has 0 aromatic rings. The van der Waals surface area contributed by atoms with Crippen LogP contribution < -0.4 is 5.84 Å². The first-order valence-corrected chi connectivity index (χ1v) is 5.66. The molecule has 2 amide bonds. The van der Waals surface area contributed by atoms with Crippen molar-refractivity contribution in [2.24, 2.45) is 11.8 Å². The van der Waals surface area contributed by atoms with E-state index in [2.05, 4.69) is 0 Å². The molecule has 2 aliphatic rings. The monoisotopic (exact) mass is 213 g/mol. The van der Waals surface area contributed by atoms with Crippen LogP contribution in [0.3, 0.4) is 0 Å². The van der Waals surface area contributed by atoms with Gasteiger partial charge in [-0.3, -0.25) is 5.01 Å². The number of urea groups is 1. The molecule has 0 aromatic carbocycles. The zero-order valence-corrected chi connectivity index (χ0v) is 9.02. The van der Waals surface area contributed by atoms with Crippen molar-refractivity contribution < 1.29 is 9.53 Å². The van der Waals surface area contributed by atoms with Gasteiger partial charge in [0.2, 0.25) is 0 Å². The maximum Gasteiger partial charge on any atom is 0.334 e. The van der Waals surface area contributed by atoms with Gasteiger partial charge < -0.3 is 9.64 Å². The summed E-state index contributed by atoms with van der Waals surface area (Å²) in [5.41, 5.74) is 0. The molecular formula is C10H19N3O2. The Morgan fingerprint density at radius 3 is 2.60 bits per heavy atom. The van der Waals surface area contributed by atoms with Gasteiger partial charge in [0, 0.05) is 19.6 Å². The van der Waals surface area contributed by atoms with Gasteiger partial charge in [-0.1, -0.05) is 6.42 Å². The Labute approximate surface area is 90.1 Å². The second-order valence-electron chi connectivity index (χ2n) is 4.33. The van der Waals surface area contributed by atoms with Crippen LogP contribution >= 0.6 is 0 Å². The Bertz CT molecular complexity index is 225. The van der Waals surface area contributed by atoms with Gasteiger partial charge in [-0.25, -0.2) is 10.6 Å². The van der Waals surface area contributed by atoms with Crippen LogP contribution in [-0.2, 0) is 4.74 Å². The van der Waals surface area contributed by atoms with Crippen molar-refractivity contribution in [2.45, 2.75) is 19.3 Å². The van der Waals surface area contributed by atoms with E-state index in [0.717, 1.165) is 0 Å². The maximum absolute atomic E-state index is 11.8. The minimum Gasteiger partial charge on any atom is -0.378 e. The van der Waals surface area contributed by atoms with Crippen molar-refractivity contribution in [3.63, 3.8) is 0 Å². The second-order valence-corrected chi connectivity index (χ2v) is 4.33. The quantitative estimate of drug-likeness (QED) is 0.411. The molecule has 0 radical (unpaired) electrons. The van der Waals surface area contributed by atoms with Gasteiger partial charge in [-0.05, 0) is 18.8 Å². The maximum atomic E-state index is 11.8. The summed E-state index contributed by atoms with van der Waals surface area (Å²) in [5.74, 6) is 6.38. The summed E-state index contributed by atoms with van der Waals surface area (Å²) in [6.45, 7) is 3.29. The number of rotatable bonds is 2. The lowest BCUT2D eigenvalue weighted by Crippen LogP contribution is -2.52. The highest BCUT2D eigenvalue weighted by molar-refractivity contribution is 5.73. The molecule has 2 N–H and O–H groups in total. The fourth-order valence-electron chi connectivity index (χ4n) is 1.97. The average Bonchev–Trinajstić information content (AvgIpc) is 2.23. The van der Waals surface area contributed by atoms with E-state index in [1.165, 1.54) is 24.3 Å². The number of amides is 2. The van der Waals surface area contributed by atoms with Gasteiger partial charge in [0.15, 0.2) is 0 Å². The molecular weight excluding hydrogens is 194 g/mol. The molecule has 2 rings (SSSR count). The van der Waals surface area contributed by atoms with Gasteiger partial charge in [-0.2, -0.15) is 0 Å². The van der Waals surface area contributed by atoms with Crippen molar-refractivity contribution in [3.05, 3.63) is 0 Å². The van der Waals surface area contributed by atoms with Gasteiger partial charge in [0.1, 0.15) is 0 Å². The predicted molar refractivity (Wildman–Crippen MR) is 56.0 cm³/mol. The smallest absolute Gasteiger partial charge is 0.334 e. The highest BCUT2D eigenvalue weighted by atomic mass is 16.5. The molecule has 5 nitrogen and oxygen atoms in total. The van der Waals surface area contributed by atoms with Gasteiger partial charge in [-0.15, -0.1) is 0 Å². The largest absolute Gasteiger partial charge is 0.378 e. The zero-order valence-electron chi connectivity index (χ0n) is 9.02. The van der Waals surface area contributed by atoms with E-state index in [1.807, 2.05) is 0 Å². The number of carbonyl (C=O) groups is 1. The minimum atomic E-state index is -0.0507. The van der Waals surface area contributed by atoms with Gasteiger partial charge in [0.25, 0.3) is 0 Å². The summed E-state index contributed by atoms with van der Waals surface area (Å²) in [6, 6.07) is -0.0507. The van der Waals surface area contributed by atoms with Crippen molar-refractivity contribution in [3.8, 4) is 0 Å². The molecule has 1 saturated heterocycles. The Morgan fingerprint density at radius 1 is 1.40 bits per heavy atom. The van der Waals surface area contributed by atoms with E-state index in [4.69, 9.17) is 10.6 Å². The van der Waals surface area contributed by atoms with E-state index < -0.39 is 0 Å². The molecule has 1 heterocycles. The fraction of sp³-hybridized carbons (Fsp3) is 0.900. The lowest BCUT2D eigenvalue weighted by molar-refractivity contribution is 0.0404. The fourth-order valence-corrected chi connectivity index (χ4v) is 1.97. The number of morpholine rings is 1. The van der Waals surface area contributed by atoms with E-state index in [9.17, 15) is 4.79 Å². The lowest BCUT2D eigenvalue weighted by atomic mass is 9.85. The Hall–Kier alpha value is -0.810. The number of nitrogens with zero attached hydrogens (tertiary/aromatic N) is 2. The summed E-state index contributed by atoms with van der Waals surface area (Å²) < 4.78 is 5.19. The molecule has 2 fully saturated rings. The highest BCUT2D eigenvalue weighted by Gasteiger charge is 2.25. The van der Waals surface area contributed by atoms with Crippen molar-refractivity contribution in [2.75, 3.05) is 32.8 Å². The van der Waals surface area contributed by atoms with Crippen LogP contribution in [0.25, 0.3) is 0 Å². The standard InChI is InChI=1S/C10H19N3O2/c11-13(8-9-2-1-3-9)10(14)12-4-6-15-7-5-12/h9H,1-8,11H2. The lowest BCUT2D eigenvalue weighted by Gasteiger charge is -2.34. The summed E-state index contributed by atoms with van der Waals surface area (Å²) >= 11 is 0. The minimum absolute atomic E-state index is 0.0507. The van der Waals surface area contributed by atoms with Crippen LogP contribution in [0.2, 0.25) is 0 Å². The summed E-state index contributed by atoms with van der Waals surface area (Å²) in [6.07, 6.45) is 3.71. The zero-order chi connectivity index (χ0) is 10.7. The number of nitrogens with two attached hydrogens (primary N) is 1. The number of hydrogen-bond acceptors (Lipinski definition) is 3. The van der Waals surface area contributed by atoms with Crippen LogP contribution in [0.5, 0.6) is 0 Å². The Morgan fingerprint density at radius 2 is 2.07 bits per heavy atom. The third-order valence-electron chi connectivity index (χ3n) is 3.21. The van der Waals surface area contributed by atoms with Gasteiger partial charge >= 0.3 is 6.03 Å². The third-order valence-corrected chi connectivity index (χ3v) is 3.21. The molecule has 1 aliphatic carbocycles. The second kappa shape index (κ2) is 4.81. The highest BCUT2D eigenvalue weighted by Crippen LogP contribution is 2.26. The first-order valence-electron chi connectivity index (χ1n) is 5.66. The Kier molecular flexibility index (Phi) is 3.43. The van der Waals surface area contributed by atoms with Crippen molar-refractivity contribution >= 4 is 6.03 Å². The van der Waals surface area contributed by atoms with E-state index in [0.29, 0.717) is 38.8 Å². The molecule has 5 heteroatoms. The first kappa shape index (κ1) is 10.7. The van der Waals surface area contributed by atoms with E-state index >= 15 is 0 Å². The SMILES string of the molecule is NN(CC1CCC1)C(=O)N1CCOCC1. The van der Waals surface area contributed by atoms with Crippen LogP contribution in [-0.4, -0.2) is 48.8 Å². The number of ether oxygens (including phenoxy) is 1. The molecule has 0 aromatic heterocycles. The van der Waals surface area contributed by atoms with Crippen molar-refractivity contribution in [1.29, 1.82) is 0 Å². The van der Waals surface area contributed by atoms with Crippen LogP contribution in [0, 0.1) is 5.92 Å². The van der Waals surface area contributed by atoms with Crippen LogP contribution in [0.15, 0.2) is 0 Å². The Balaban J connectivity index is 1.77. The summed E-state index contributed by atoms with van der Waals surface area (Å²) in [7, 11) is 0. The molecule has 0 unspecified atom stereocenters. The molecule has 0 bridgehead atoms. The van der Waals surface area contributed by atoms with Crippen LogP contribution in [0.4, 0.5) is 4.79 Å². The molecule has 1 aliphatic heterocycles. The molecule has 86 valence electrons. The molecule has 1 saturated carbocycles. The van der Waals surface area contributed by atoms with Crippen molar-refractivity contribution in [1.82, 2.24) is 9.91 Å². The number of hydrogen-bond donors (Lipinski definition) is 1. The predicted octanol–water partition coefficient (Wildman–Crippen LogP) is 0.414. The van der Waals surface area contributed by atoms with E-state index in [-0.39, 0.29) is 6.03 Å². The van der Waals surface area contributed by atoms with Gasteiger partial charge in [0.05, 0.1) is 13.2 Å².